The van der Waals surface area contributed by atoms with Crippen LogP contribution >= 0.6 is 11.3 Å². The van der Waals surface area contributed by atoms with Gasteiger partial charge >= 0.3 is 0 Å². The highest BCUT2D eigenvalue weighted by atomic mass is 32.1. The third-order valence-electron chi connectivity index (χ3n) is 9.29. The average Bonchev–Trinajstić information content (AvgIpc) is 3.53. The summed E-state index contributed by atoms with van der Waals surface area (Å²) < 4.78 is 2.63. The van der Waals surface area contributed by atoms with E-state index in [-0.39, 0.29) is 0 Å². The first kappa shape index (κ1) is 27.3. The van der Waals surface area contributed by atoms with Crippen LogP contribution in [0, 0.1) is 11.3 Å². The normalized spacial score (nSPS) is 11.4. The van der Waals surface area contributed by atoms with Gasteiger partial charge in [0, 0.05) is 20.2 Å². The van der Waals surface area contributed by atoms with Crippen LogP contribution in [-0.2, 0) is 0 Å². The van der Waals surface area contributed by atoms with Crippen LogP contribution in [0.5, 0.6) is 0 Å². The lowest BCUT2D eigenvalue weighted by molar-refractivity contribution is 1.48. The first-order valence-electron chi connectivity index (χ1n) is 15.8. The van der Waals surface area contributed by atoms with Crippen molar-refractivity contribution in [3.63, 3.8) is 0 Å². The molecule has 0 aliphatic rings. The molecule has 1 heterocycles. The highest BCUT2D eigenvalue weighted by molar-refractivity contribution is 7.26. The van der Waals surface area contributed by atoms with Crippen LogP contribution in [0.1, 0.15) is 5.56 Å². The van der Waals surface area contributed by atoms with Crippen molar-refractivity contribution in [3.8, 4) is 50.6 Å². The smallest absolute Gasteiger partial charge is 0.0992 e. The Morgan fingerprint density at radius 3 is 1.64 bits per heavy atom. The Morgan fingerprint density at radius 1 is 0.383 bits per heavy atom. The second-order valence-corrected chi connectivity index (χ2v) is 13.1. The zero-order chi connectivity index (χ0) is 31.3. The van der Waals surface area contributed by atoms with Crippen molar-refractivity contribution in [2.45, 2.75) is 0 Å². The molecule has 2 heteroatoms. The summed E-state index contributed by atoms with van der Waals surface area (Å²) >= 11 is 1.85. The van der Waals surface area contributed by atoms with Crippen LogP contribution < -0.4 is 0 Å². The fourth-order valence-electron chi connectivity index (χ4n) is 6.98. The lowest BCUT2D eigenvalue weighted by Gasteiger charge is -2.12. The fourth-order valence-corrected chi connectivity index (χ4v) is 8.22. The molecule has 1 nitrogen and oxygen atoms in total. The van der Waals surface area contributed by atoms with Crippen molar-refractivity contribution in [1.82, 2.24) is 0 Å². The van der Waals surface area contributed by atoms with Crippen LogP contribution in [0.3, 0.4) is 0 Å². The zero-order valence-corrected chi connectivity index (χ0v) is 26.3. The standard InChI is InChI=1S/C45H27NS/c46-28-29-24-35(30-16-20-32(21-17-30)38-13-7-14-42-41-12-5-6-15-44(41)47-45(38)42)26-36(25-29)31-18-22-33(23-19-31)43-27-34-8-1-2-9-37(34)39-10-3-4-11-40(39)43/h1-27H. The van der Waals surface area contributed by atoms with Gasteiger partial charge in [-0.3, -0.25) is 0 Å². The van der Waals surface area contributed by atoms with E-state index in [1.807, 2.05) is 23.5 Å². The number of thiophene rings is 1. The van der Waals surface area contributed by atoms with Gasteiger partial charge in [0.15, 0.2) is 0 Å². The Bertz CT molecular complexity index is 2670. The lowest BCUT2D eigenvalue weighted by atomic mass is 9.91. The maximum atomic E-state index is 9.96. The van der Waals surface area contributed by atoms with Gasteiger partial charge in [-0.2, -0.15) is 5.26 Å². The quantitative estimate of drug-likeness (QED) is 0.181. The molecule has 0 atom stereocenters. The molecule has 0 saturated heterocycles. The van der Waals surface area contributed by atoms with Crippen LogP contribution in [0.25, 0.3) is 86.2 Å². The van der Waals surface area contributed by atoms with Gasteiger partial charge in [0.05, 0.1) is 11.6 Å². The number of nitrogens with zero attached hydrogens (tertiary/aromatic N) is 1. The van der Waals surface area contributed by atoms with Gasteiger partial charge in [-0.15, -0.1) is 11.3 Å². The summed E-state index contributed by atoms with van der Waals surface area (Å²) in [6, 6.07) is 60.8. The monoisotopic (exact) mass is 613 g/mol. The fraction of sp³-hybridized carbons (Fsp3) is 0. The number of nitriles is 1. The predicted octanol–water partition coefficient (Wildman–Crippen LogP) is 12.9. The van der Waals surface area contributed by atoms with Crippen LogP contribution in [-0.4, -0.2) is 0 Å². The molecule has 218 valence electrons. The lowest BCUT2D eigenvalue weighted by Crippen LogP contribution is -1.87. The highest BCUT2D eigenvalue weighted by Crippen LogP contribution is 2.41. The number of benzene rings is 8. The van der Waals surface area contributed by atoms with E-state index in [0.29, 0.717) is 5.56 Å². The van der Waals surface area contributed by atoms with Crippen molar-refractivity contribution in [3.05, 3.63) is 169 Å². The second kappa shape index (κ2) is 11.1. The predicted molar refractivity (Wildman–Crippen MR) is 201 cm³/mol. The average molecular weight is 614 g/mol. The van der Waals surface area contributed by atoms with E-state index < -0.39 is 0 Å². The molecule has 0 fully saturated rings. The Morgan fingerprint density at radius 2 is 0.936 bits per heavy atom. The molecule has 0 aliphatic heterocycles. The van der Waals surface area contributed by atoms with Crippen LogP contribution in [0.4, 0.5) is 0 Å². The molecule has 47 heavy (non-hydrogen) atoms. The van der Waals surface area contributed by atoms with E-state index in [1.165, 1.54) is 64.0 Å². The van der Waals surface area contributed by atoms with Crippen molar-refractivity contribution < 1.29 is 0 Å². The van der Waals surface area contributed by atoms with Gasteiger partial charge in [0.2, 0.25) is 0 Å². The maximum absolute atomic E-state index is 9.96. The molecular formula is C45H27NS. The van der Waals surface area contributed by atoms with E-state index in [9.17, 15) is 5.26 Å². The molecule has 0 spiro atoms. The molecule has 9 rings (SSSR count). The Hall–Kier alpha value is -6.01. The van der Waals surface area contributed by atoms with Gasteiger partial charge in [-0.25, -0.2) is 0 Å². The maximum Gasteiger partial charge on any atom is 0.0992 e. The molecular weight excluding hydrogens is 587 g/mol. The SMILES string of the molecule is N#Cc1cc(-c2ccc(-c3cc4ccccc4c4ccccc34)cc2)cc(-c2ccc(-c3cccc4c3sc3ccccc34)cc2)c1. The van der Waals surface area contributed by atoms with Gasteiger partial charge in [0.25, 0.3) is 0 Å². The molecule has 0 aliphatic carbocycles. The first-order chi connectivity index (χ1) is 23.2. The molecule has 0 radical (unpaired) electrons. The number of hydrogen-bond donors (Lipinski definition) is 0. The van der Waals surface area contributed by atoms with Crippen molar-refractivity contribution in [2.75, 3.05) is 0 Å². The van der Waals surface area contributed by atoms with Crippen LogP contribution in [0.15, 0.2) is 164 Å². The molecule has 1 aromatic heterocycles. The molecule has 0 N–H and O–H groups in total. The van der Waals surface area contributed by atoms with Gasteiger partial charge in [0.1, 0.15) is 0 Å². The molecule has 9 aromatic rings. The minimum atomic E-state index is 0.654. The summed E-state index contributed by atoms with van der Waals surface area (Å²) in [5.74, 6) is 0. The largest absolute Gasteiger partial charge is 0.192 e. The summed E-state index contributed by atoms with van der Waals surface area (Å²) in [6.45, 7) is 0. The Balaban J connectivity index is 1.07. The van der Waals surface area contributed by atoms with Gasteiger partial charge in [-0.1, -0.05) is 133 Å². The minimum absolute atomic E-state index is 0.654. The summed E-state index contributed by atoms with van der Waals surface area (Å²) in [5.41, 5.74) is 9.76. The van der Waals surface area contributed by atoms with Gasteiger partial charge < -0.3 is 0 Å². The zero-order valence-electron chi connectivity index (χ0n) is 25.4. The second-order valence-electron chi connectivity index (χ2n) is 12.0. The summed E-state index contributed by atoms with van der Waals surface area (Å²) in [4.78, 5) is 0. The first-order valence-corrected chi connectivity index (χ1v) is 16.6. The third-order valence-corrected chi connectivity index (χ3v) is 10.5. The molecule has 0 bridgehead atoms. The number of rotatable bonds is 4. The summed E-state index contributed by atoms with van der Waals surface area (Å²) in [7, 11) is 0. The van der Waals surface area contributed by atoms with Crippen LogP contribution in [0.2, 0.25) is 0 Å². The highest BCUT2D eigenvalue weighted by Gasteiger charge is 2.12. The van der Waals surface area contributed by atoms with Crippen molar-refractivity contribution in [1.29, 1.82) is 5.26 Å². The minimum Gasteiger partial charge on any atom is -0.192 e. The van der Waals surface area contributed by atoms with Crippen molar-refractivity contribution >= 4 is 53.1 Å². The third kappa shape index (κ3) is 4.69. The molecule has 0 saturated carbocycles. The Labute approximate surface area is 277 Å². The summed E-state index contributed by atoms with van der Waals surface area (Å²) in [6.07, 6.45) is 0. The number of fused-ring (bicyclic) bond motifs is 6. The topological polar surface area (TPSA) is 23.8 Å². The van der Waals surface area contributed by atoms with E-state index in [1.54, 1.807) is 0 Å². The van der Waals surface area contributed by atoms with E-state index in [0.717, 1.165) is 22.3 Å². The van der Waals surface area contributed by atoms with Gasteiger partial charge in [-0.05, 0) is 96.4 Å². The van der Waals surface area contributed by atoms with E-state index in [4.69, 9.17) is 0 Å². The molecule has 0 unspecified atom stereocenters. The number of hydrogen-bond acceptors (Lipinski definition) is 2. The van der Waals surface area contributed by atoms with E-state index in [2.05, 4.69) is 158 Å². The summed E-state index contributed by atoms with van der Waals surface area (Å²) in [5, 5.41) is 17.6. The Kier molecular flexibility index (Phi) is 6.45. The van der Waals surface area contributed by atoms with E-state index >= 15 is 0 Å². The molecule has 8 aromatic carbocycles. The molecule has 0 amide bonds. The van der Waals surface area contributed by atoms with Crippen molar-refractivity contribution in [2.24, 2.45) is 0 Å².